The summed E-state index contributed by atoms with van der Waals surface area (Å²) in [6.07, 6.45) is -3.60. The van der Waals surface area contributed by atoms with Crippen molar-refractivity contribution in [3.8, 4) is 5.75 Å². The summed E-state index contributed by atoms with van der Waals surface area (Å²) >= 11 is 0. The maximum atomic E-state index is 13.2. The van der Waals surface area contributed by atoms with Crippen molar-refractivity contribution in [1.82, 2.24) is 14.3 Å². The lowest BCUT2D eigenvalue weighted by atomic mass is 10.2. The van der Waals surface area contributed by atoms with Crippen LogP contribution in [0.2, 0.25) is 0 Å². The standard InChI is InChI=1S/C18H17F3N4O3/c1-24-10-13-14(18(19,20)21)9-16(27)25(17(13)23-24)7-6-15(26)22-11-4-3-5-12(8-11)28-2/h3-5,8-10H,6-7H2,1-2H3,(H,22,26). The van der Waals surface area contributed by atoms with Crippen LogP contribution in [0, 0.1) is 0 Å². The van der Waals surface area contributed by atoms with E-state index in [1.54, 1.807) is 24.3 Å². The highest BCUT2D eigenvalue weighted by atomic mass is 19.4. The largest absolute Gasteiger partial charge is 0.497 e. The molecule has 3 rings (SSSR count). The van der Waals surface area contributed by atoms with Gasteiger partial charge in [0.25, 0.3) is 5.56 Å². The topological polar surface area (TPSA) is 78.1 Å². The number of fused-ring (bicyclic) bond motifs is 1. The van der Waals surface area contributed by atoms with E-state index in [1.807, 2.05) is 0 Å². The number of methoxy groups -OCH3 is 1. The second-order valence-corrected chi connectivity index (χ2v) is 6.12. The summed E-state index contributed by atoms with van der Waals surface area (Å²) in [6.45, 7) is -0.111. The van der Waals surface area contributed by atoms with Crippen LogP contribution >= 0.6 is 0 Å². The summed E-state index contributed by atoms with van der Waals surface area (Å²) in [7, 11) is 2.96. The molecule has 10 heteroatoms. The number of nitrogens with zero attached hydrogens (tertiary/aromatic N) is 3. The number of hydrogen-bond acceptors (Lipinski definition) is 4. The molecule has 1 N–H and O–H groups in total. The molecule has 0 fully saturated rings. The molecule has 148 valence electrons. The first-order valence-corrected chi connectivity index (χ1v) is 8.27. The van der Waals surface area contributed by atoms with Gasteiger partial charge in [-0.15, -0.1) is 0 Å². The first-order valence-electron chi connectivity index (χ1n) is 8.27. The van der Waals surface area contributed by atoms with E-state index in [4.69, 9.17) is 4.74 Å². The molecule has 0 spiro atoms. The zero-order valence-corrected chi connectivity index (χ0v) is 15.1. The number of benzene rings is 1. The zero-order chi connectivity index (χ0) is 20.5. The summed E-state index contributed by atoms with van der Waals surface area (Å²) in [5.41, 5.74) is -1.52. The van der Waals surface area contributed by atoms with E-state index < -0.39 is 23.2 Å². The van der Waals surface area contributed by atoms with Gasteiger partial charge >= 0.3 is 6.18 Å². The Morgan fingerprint density at radius 1 is 1.29 bits per heavy atom. The van der Waals surface area contributed by atoms with Gasteiger partial charge in [-0.3, -0.25) is 18.8 Å². The Kier molecular flexibility index (Phi) is 5.12. The second-order valence-electron chi connectivity index (χ2n) is 6.12. The third-order valence-corrected chi connectivity index (χ3v) is 4.11. The van der Waals surface area contributed by atoms with Gasteiger partial charge in [-0.25, -0.2) is 0 Å². The number of nitrogens with one attached hydrogen (secondary N) is 1. The molecule has 1 amide bonds. The Morgan fingerprint density at radius 3 is 2.71 bits per heavy atom. The molecule has 7 nitrogen and oxygen atoms in total. The number of carbonyl (C=O) groups is 1. The van der Waals surface area contributed by atoms with Crippen molar-refractivity contribution in [1.29, 1.82) is 0 Å². The molecule has 0 aliphatic carbocycles. The lowest BCUT2D eigenvalue weighted by molar-refractivity contribution is -0.136. The third-order valence-electron chi connectivity index (χ3n) is 4.11. The fourth-order valence-corrected chi connectivity index (χ4v) is 2.84. The third kappa shape index (κ3) is 4.00. The second kappa shape index (κ2) is 7.37. The minimum atomic E-state index is -4.68. The van der Waals surface area contributed by atoms with E-state index >= 15 is 0 Å². The molecule has 3 aromatic rings. The number of pyridine rings is 1. The van der Waals surface area contributed by atoms with Gasteiger partial charge in [0, 0.05) is 49.4 Å². The molecule has 0 radical (unpaired) electrons. The van der Waals surface area contributed by atoms with E-state index in [2.05, 4.69) is 10.4 Å². The van der Waals surface area contributed by atoms with Crippen LogP contribution in [-0.2, 0) is 24.6 Å². The Balaban J connectivity index is 1.83. The van der Waals surface area contributed by atoms with Crippen LogP contribution in [0.25, 0.3) is 11.0 Å². The van der Waals surface area contributed by atoms with E-state index in [1.165, 1.54) is 25.0 Å². The van der Waals surface area contributed by atoms with Gasteiger partial charge in [0.15, 0.2) is 5.65 Å². The van der Waals surface area contributed by atoms with E-state index in [9.17, 15) is 22.8 Å². The molecular formula is C18H17F3N4O3. The van der Waals surface area contributed by atoms with Crippen LogP contribution in [0.3, 0.4) is 0 Å². The fourth-order valence-electron chi connectivity index (χ4n) is 2.84. The number of halogens is 3. The molecule has 0 aliphatic rings. The van der Waals surface area contributed by atoms with Gasteiger partial charge < -0.3 is 10.1 Å². The molecule has 0 atom stereocenters. The highest BCUT2D eigenvalue weighted by Crippen LogP contribution is 2.33. The average molecular weight is 394 g/mol. The lowest BCUT2D eigenvalue weighted by Gasteiger charge is -2.12. The van der Waals surface area contributed by atoms with Crippen molar-refractivity contribution in [2.45, 2.75) is 19.1 Å². The van der Waals surface area contributed by atoms with Crippen LogP contribution in [0.1, 0.15) is 12.0 Å². The predicted molar refractivity (Wildman–Crippen MR) is 96.2 cm³/mol. The Hall–Kier alpha value is -3.30. The molecule has 0 saturated carbocycles. The summed E-state index contributed by atoms with van der Waals surface area (Å²) in [6, 6.07) is 7.24. The SMILES string of the molecule is COc1cccc(NC(=O)CCn2c(=O)cc(C(F)(F)F)c3cn(C)nc32)c1. The van der Waals surface area contributed by atoms with Gasteiger partial charge in [-0.05, 0) is 12.1 Å². The maximum Gasteiger partial charge on any atom is 0.417 e. The highest BCUT2D eigenvalue weighted by Gasteiger charge is 2.34. The fraction of sp³-hybridized carbons (Fsp3) is 0.278. The van der Waals surface area contributed by atoms with Crippen LogP contribution in [0.15, 0.2) is 41.3 Å². The van der Waals surface area contributed by atoms with Crippen molar-refractivity contribution < 1.29 is 22.7 Å². The number of alkyl halides is 3. The van der Waals surface area contributed by atoms with E-state index in [0.29, 0.717) is 17.5 Å². The number of amides is 1. The van der Waals surface area contributed by atoms with Crippen LogP contribution < -0.4 is 15.6 Å². The van der Waals surface area contributed by atoms with Crippen molar-refractivity contribution in [2.24, 2.45) is 7.05 Å². The number of rotatable bonds is 5. The molecule has 0 unspecified atom stereocenters. The van der Waals surface area contributed by atoms with Crippen LogP contribution in [-0.4, -0.2) is 27.4 Å². The van der Waals surface area contributed by atoms with Gasteiger partial charge in [-0.1, -0.05) is 6.07 Å². The number of aryl methyl sites for hydroxylation is 2. The molecule has 0 saturated heterocycles. The Bertz CT molecular complexity index is 1090. The summed E-state index contributed by atoms with van der Waals surface area (Å²) in [5.74, 6) is 0.163. The smallest absolute Gasteiger partial charge is 0.417 e. The maximum absolute atomic E-state index is 13.2. The van der Waals surface area contributed by atoms with E-state index in [0.717, 1.165) is 4.57 Å². The number of hydrogen-bond donors (Lipinski definition) is 1. The molecule has 1 aromatic carbocycles. The zero-order valence-electron chi connectivity index (χ0n) is 15.1. The molecule has 2 heterocycles. The number of anilines is 1. The highest BCUT2D eigenvalue weighted by molar-refractivity contribution is 5.91. The van der Waals surface area contributed by atoms with Crippen molar-refractivity contribution in [3.05, 3.63) is 52.4 Å². The first-order chi connectivity index (χ1) is 13.2. The van der Waals surface area contributed by atoms with Crippen LogP contribution in [0.5, 0.6) is 5.75 Å². The van der Waals surface area contributed by atoms with E-state index in [-0.39, 0.29) is 24.0 Å². The number of aromatic nitrogens is 3. The Morgan fingerprint density at radius 2 is 2.04 bits per heavy atom. The summed E-state index contributed by atoms with van der Waals surface area (Å²) in [5, 5.41) is 6.43. The van der Waals surface area contributed by atoms with Gasteiger partial charge in [0.1, 0.15) is 5.75 Å². The van der Waals surface area contributed by atoms with Gasteiger partial charge in [0.2, 0.25) is 5.91 Å². The molecule has 28 heavy (non-hydrogen) atoms. The monoisotopic (exact) mass is 394 g/mol. The summed E-state index contributed by atoms with van der Waals surface area (Å²) < 4.78 is 46.9. The van der Waals surface area contributed by atoms with Crippen LogP contribution in [0.4, 0.5) is 18.9 Å². The lowest BCUT2D eigenvalue weighted by Crippen LogP contribution is -2.25. The van der Waals surface area contributed by atoms with Crippen molar-refractivity contribution >= 4 is 22.6 Å². The molecule has 0 aliphatic heterocycles. The summed E-state index contributed by atoms with van der Waals surface area (Å²) in [4.78, 5) is 24.4. The normalized spacial score (nSPS) is 11.6. The number of carbonyl (C=O) groups excluding carboxylic acids is 1. The predicted octanol–water partition coefficient (Wildman–Crippen LogP) is 2.79. The van der Waals surface area contributed by atoms with Crippen molar-refractivity contribution in [3.63, 3.8) is 0 Å². The Labute approximate surface area is 157 Å². The quantitative estimate of drug-likeness (QED) is 0.722. The van der Waals surface area contributed by atoms with Gasteiger partial charge in [0.05, 0.1) is 12.7 Å². The van der Waals surface area contributed by atoms with Crippen molar-refractivity contribution in [2.75, 3.05) is 12.4 Å². The first kappa shape index (κ1) is 19.5. The minimum Gasteiger partial charge on any atom is -0.497 e. The molecule has 0 bridgehead atoms. The molecule has 2 aromatic heterocycles. The molecular weight excluding hydrogens is 377 g/mol. The minimum absolute atomic E-state index is 0.111. The van der Waals surface area contributed by atoms with Gasteiger partial charge in [-0.2, -0.15) is 18.3 Å². The average Bonchev–Trinajstić information content (AvgIpc) is 3.00. The number of ether oxygens (including phenoxy) is 1.